The zero-order valence-electron chi connectivity index (χ0n) is 12.7. The molecule has 0 spiro atoms. The quantitative estimate of drug-likeness (QED) is 0.782. The van der Waals surface area contributed by atoms with Gasteiger partial charge in [-0.3, -0.25) is 19.3 Å². The lowest BCUT2D eigenvalue weighted by atomic mass is 10.0. The second-order valence-electron chi connectivity index (χ2n) is 6.05. The fourth-order valence-electron chi connectivity index (χ4n) is 3.21. The summed E-state index contributed by atoms with van der Waals surface area (Å²) in [6, 6.07) is 7.52. The maximum atomic E-state index is 12.4. The molecule has 0 N–H and O–H groups in total. The van der Waals surface area contributed by atoms with Crippen molar-refractivity contribution in [2.45, 2.75) is 38.6 Å². The van der Waals surface area contributed by atoms with Crippen molar-refractivity contribution in [1.82, 2.24) is 9.80 Å². The van der Waals surface area contributed by atoms with E-state index in [1.807, 2.05) is 36.1 Å². The van der Waals surface area contributed by atoms with E-state index in [4.69, 9.17) is 0 Å². The molecule has 0 unspecified atom stereocenters. The molecule has 1 aromatic rings. The van der Waals surface area contributed by atoms with Crippen molar-refractivity contribution >= 4 is 17.7 Å². The van der Waals surface area contributed by atoms with Crippen LogP contribution in [0.15, 0.2) is 24.3 Å². The summed E-state index contributed by atoms with van der Waals surface area (Å²) in [5.74, 6) is -0.0980. The molecule has 0 atom stereocenters. The van der Waals surface area contributed by atoms with Crippen LogP contribution in [-0.4, -0.2) is 46.7 Å². The van der Waals surface area contributed by atoms with Crippen molar-refractivity contribution in [1.29, 1.82) is 0 Å². The number of rotatable bonds is 2. The van der Waals surface area contributed by atoms with Gasteiger partial charge in [0.05, 0.1) is 0 Å². The molecule has 2 fully saturated rings. The molecular formula is C17H20N2O3. The number of piperidine rings is 1. The molecule has 2 aliphatic rings. The molecule has 0 aromatic heterocycles. The maximum Gasteiger partial charge on any atom is 0.253 e. The van der Waals surface area contributed by atoms with Crippen LogP contribution in [0.25, 0.3) is 0 Å². The molecule has 2 aliphatic heterocycles. The Bertz CT molecular complexity index is 585. The highest BCUT2D eigenvalue weighted by Gasteiger charge is 2.37. The van der Waals surface area contributed by atoms with Crippen molar-refractivity contribution in [3.63, 3.8) is 0 Å². The average Bonchev–Trinajstić information content (AvgIpc) is 2.86. The molecule has 5 nitrogen and oxygen atoms in total. The van der Waals surface area contributed by atoms with Gasteiger partial charge in [0.2, 0.25) is 11.8 Å². The van der Waals surface area contributed by atoms with Crippen LogP contribution in [0.4, 0.5) is 0 Å². The number of nitrogens with zero attached hydrogens (tertiary/aromatic N) is 2. The Balaban J connectivity index is 1.62. The van der Waals surface area contributed by atoms with E-state index in [1.165, 1.54) is 4.90 Å². The molecule has 116 valence electrons. The second-order valence-corrected chi connectivity index (χ2v) is 6.05. The number of likely N-dealkylation sites (tertiary alicyclic amines) is 2. The predicted molar refractivity (Wildman–Crippen MR) is 81.2 cm³/mol. The molecule has 3 rings (SSSR count). The third kappa shape index (κ3) is 2.75. The van der Waals surface area contributed by atoms with Crippen molar-refractivity contribution in [3.05, 3.63) is 35.4 Å². The van der Waals surface area contributed by atoms with Crippen molar-refractivity contribution in [2.75, 3.05) is 13.1 Å². The molecule has 5 heteroatoms. The normalized spacial score (nSPS) is 19.9. The zero-order valence-corrected chi connectivity index (χ0v) is 12.7. The van der Waals surface area contributed by atoms with E-state index < -0.39 is 0 Å². The van der Waals surface area contributed by atoms with Crippen molar-refractivity contribution in [2.24, 2.45) is 0 Å². The Kier molecular flexibility index (Phi) is 3.96. The molecule has 0 radical (unpaired) electrons. The van der Waals surface area contributed by atoms with Crippen LogP contribution in [0.3, 0.4) is 0 Å². The molecule has 1 aromatic carbocycles. The van der Waals surface area contributed by atoms with Crippen LogP contribution in [0.2, 0.25) is 0 Å². The van der Waals surface area contributed by atoms with Gasteiger partial charge in [-0.05, 0) is 31.9 Å². The highest BCUT2D eigenvalue weighted by atomic mass is 16.2. The summed E-state index contributed by atoms with van der Waals surface area (Å²) in [7, 11) is 0. The topological polar surface area (TPSA) is 57.7 Å². The van der Waals surface area contributed by atoms with E-state index in [0.29, 0.717) is 44.3 Å². The lowest BCUT2D eigenvalue weighted by molar-refractivity contribution is -0.141. The minimum atomic E-state index is -0.0617. The Morgan fingerprint density at radius 2 is 1.55 bits per heavy atom. The third-order valence-electron chi connectivity index (χ3n) is 4.51. The van der Waals surface area contributed by atoms with Gasteiger partial charge < -0.3 is 4.90 Å². The minimum Gasteiger partial charge on any atom is -0.338 e. The SMILES string of the molecule is Cc1ccc(C(=O)N2CCC(N3C(=O)CCC3=O)CC2)cc1. The molecule has 0 saturated carbocycles. The Labute approximate surface area is 129 Å². The van der Waals surface area contributed by atoms with Crippen LogP contribution in [0.5, 0.6) is 0 Å². The summed E-state index contributed by atoms with van der Waals surface area (Å²) in [6.45, 7) is 3.17. The number of imide groups is 1. The first-order valence-corrected chi connectivity index (χ1v) is 7.77. The summed E-state index contributed by atoms with van der Waals surface area (Å²) < 4.78 is 0. The van der Waals surface area contributed by atoms with Gasteiger partial charge in [0.1, 0.15) is 0 Å². The smallest absolute Gasteiger partial charge is 0.253 e. The van der Waals surface area contributed by atoms with Gasteiger partial charge in [-0.15, -0.1) is 0 Å². The lowest BCUT2D eigenvalue weighted by Gasteiger charge is -2.35. The van der Waals surface area contributed by atoms with Crippen LogP contribution in [0.1, 0.15) is 41.6 Å². The molecule has 0 aliphatic carbocycles. The average molecular weight is 300 g/mol. The van der Waals surface area contributed by atoms with E-state index in [-0.39, 0.29) is 23.8 Å². The van der Waals surface area contributed by atoms with Crippen LogP contribution in [-0.2, 0) is 9.59 Å². The number of benzene rings is 1. The highest BCUT2D eigenvalue weighted by Crippen LogP contribution is 2.24. The summed E-state index contributed by atoms with van der Waals surface area (Å²) in [6.07, 6.45) is 2.02. The van der Waals surface area contributed by atoms with Crippen LogP contribution < -0.4 is 0 Å². The van der Waals surface area contributed by atoms with Gasteiger partial charge in [0.25, 0.3) is 5.91 Å². The van der Waals surface area contributed by atoms with Crippen LogP contribution in [0, 0.1) is 6.92 Å². The van der Waals surface area contributed by atoms with Crippen molar-refractivity contribution in [3.8, 4) is 0 Å². The fourth-order valence-corrected chi connectivity index (χ4v) is 3.21. The molecule has 2 heterocycles. The monoisotopic (exact) mass is 300 g/mol. The third-order valence-corrected chi connectivity index (χ3v) is 4.51. The van der Waals surface area contributed by atoms with Gasteiger partial charge in [-0.1, -0.05) is 17.7 Å². The lowest BCUT2D eigenvalue weighted by Crippen LogP contribution is -2.48. The minimum absolute atomic E-state index is 0.0255. The Morgan fingerprint density at radius 1 is 1.00 bits per heavy atom. The predicted octanol–water partition coefficient (Wildman–Crippen LogP) is 1.75. The fraction of sp³-hybridized carbons (Fsp3) is 0.471. The van der Waals surface area contributed by atoms with Gasteiger partial charge in [0.15, 0.2) is 0 Å². The van der Waals surface area contributed by atoms with Gasteiger partial charge in [-0.25, -0.2) is 0 Å². The number of carbonyl (C=O) groups is 3. The standard InChI is InChI=1S/C17H20N2O3/c1-12-2-4-13(5-3-12)17(22)18-10-8-14(9-11-18)19-15(20)6-7-16(19)21/h2-5,14H,6-11H2,1H3. The first-order valence-electron chi connectivity index (χ1n) is 7.77. The highest BCUT2D eigenvalue weighted by molar-refractivity contribution is 6.02. The summed E-state index contributed by atoms with van der Waals surface area (Å²) in [4.78, 5) is 39.2. The van der Waals surface area contributed by atoms with Crippen LogP contribution >= 0.6 is 0 Å². The summed E-state index contributed by atoms with van der Waals surface area (Å²) >= 11 is 0. The summed E-state index contributed by atoms with van der Waals surface area (Å²) in [5.41, 5.74) is 1.82. The number of hydrogen-bond donors (Lipinski definition) is 0. The van der Waals surface area contributed by atoms with E-state index >= 15 is 0 Å². The molecule has 22 heavy (non-hydrogen) atoms. The van der Waals surface area contributed by atoms with E-state index in [9.17, 15) is 14.4 Å². The zero-order chi connectivity index (χ0) is 15.7. The van der Waals surface area contributed by atoms with Crippen molar-refractivity contribution < 1.29 is 14.4 Å². The van der Waals surface area contributed by atoms with E-state index in [1.54, 1.807) is 0 Å². The summed E-state index contributed by atoms with van der Waals surface area (Å²) in [5, 5.41) is 0. The molecular weight excluding hydrogens is 280 g/mol. The first kappa shape index (κ1) is 14.8. The first-order chi connectivity index (χ1) is 10.6. The Hall–Kier alpha value is -2.17. The second kappa shape index (κ2) is 5.91. The van der Waals surface area contributed by atoms with Gasteiger partial charge in [0, 0.05) is 37.5 Å². The number of carbonyl (C=O) groups excluding carboxylic acids is 3. The molecule has 2 saturated heterocycles. The number of aryl methyl sites for hydroxylation is 1. The van der Waals surface area contributed by atoms with Gasteiger partial charge >= 0.3 is 0 Å². The molecule has 0 bridgehead atoms. The van der Waals surface area contributed by atoms with Gasteiger partial charge in [-0.2, -0.15) is 0 Å². The van der Waals surface area contributed by atoms with E-state index in [2.05, 4.69) is 0 Å². The van der Waals surface area contributed by atoms with E-state index in [0.717, 1.165) is 5.56 Å². The Morgan fingerprint density at radius 3 is 2.09 bits per heavy atom. The largest absolute Gasteiger partial charge is 0.338 e. The maximum absolute atomic E-state index is 12.4. The number of hydrogen-bond acceptors (Lipinski definition) is 3. The number of amides is 3. The molecule has 3 amide bonds.